The predicted molar refractivity (Wildman–Crippen MR) is 57.8 cm³/mol. The number of aryl methyl sites for hydroxylation is 2. The van der Waals surface area contributed by atoms with Gasteiger partial charge in [0.1, 0.15) is 6.33 Å². The molecular formula is C10H15N5. The van der Waals surface area contributed by atoms with Crippen LogP contribution in [0.15, 0.2) is 18.5 Å². The van der Waals surface area contributed by atoms with Gasteiger partial charge in [-0.1, -0.05) is 19.9 Å². The summed E-state index contributed by atoms with van der Waals surface area (Å²) in [7, 11) is 0. The van der Waals surface area contributed by atoms with E-state index in [2.05, 4.69) is 20.5 Å². The Morgan fingerprint density at radius 2 is 1.87 bits per heavy atom. The van der Waals surface area contributed by atoms with Gasteiger partial charge in [0.2, 0.25) is 0 Å². The molecule has 0 radical (unpaired) electrons. The normalized spacial score (nSPS) is 9.33. The average Bonchev–Trinajstić information content (AvgIpc) is 2.78. The Labute approximate surface area is 89.2 Å². The molecule has 0 aliphatic rings. The summed E-state index contributed by atoms with van der Waals surface area (Å²) in [6, 6.07) is 3.89. The summed E-state index contributed by atoms with van der Waals surface area (Å²) in [5, 5.41) is 10.8. The fourth-order valence-corrected chi connectivity index (χ4v) is 1.01. The van der Waals surface area contributed by atoms with E-state index in [1.807, 2.05) is 39.8 Å². The number of pyridine rings is 1. The maximum Gasteiger partial charge on any atom is 0.157 e. The van der Waals surface area contributed by atoms with Gasteiger partial charge in [-0.15, -0.1) is 5.10 Å². The van der Waals surface area contributed by atoms with E-state index in [1.165, 1.54) is 11.0 Å². The first-order valence-corrected chi connectivity index (χ1v) is 4.95. The maximum atomic E-state index is 4.34. The first-order chi connectivity index (χ1) is 7.27. The van der Waals surface area contributed by atoms with E-state index in [0.29, 0.717) is 0 Å². The molecule has 0 aliphatic carbocycles. The summed E-state index contributed by atoms with van der Waals surface area (Å²) in [5.74, 6) is 0.744. The standard InChI is InChI=1S/C8H9N5.C2H6/c1-6-3-4-8(10-7(6)2)13-5-9-11-12-13;1-2/h3-5H,1-2H3;1-2H3. The van der Waals surface area contributed by atoms with Crippen LogP contribution < -0.4 is 0 Å². The molecule has 0 fully saturated rings. The second-order valence-electron chi connectivity index (χ2n) is 2.83. The highest BCUT2D eigenvalue weighted by molar-refractivity contribution is 5.27. The van der Waals surface area contributed by atoms with Crippen molar-refractivity contribution in [1.82, 2.24) is 25.2 Å². The van der Waals surface area contributed by atoms with Crippen molar-refractivity contribution in [3.05, 3.63) is 29.7 Å². The van der Waals surface area contributed by atoms with Crippen LogP contribution in [0.5, 0.6) is 0 Å². The van der Waals surface area contributed by atoms with Crippen LogP contribution in [0.4, 0.5) is 0 Å². The fraction of sp³-hybridized carbons (Fsp3) is 0.400. The van der Waals surface area contributed by atoms with Gasteiger partial charge in [0, 0.05) is 5.69 Å². The summed E-state index contributed by atoms with van der Waals surface area (Å²) in [6.45, 7) is 7.98. The highest BCUT2D eigenvalue weighted by atomic mass is 15.5. The van der Waals surface area contributed by atoms with Crippen LogP contribution in [-0.4, -0.2) is 25.2 Å². The molecule has 0 aliphatic heterocycles. The Hall–Kier alpha value is -1.78. The number of nitrogens with zero attached hydrogens (tertiary/aromatic N) is 5. The Morgan fingerprint density at radius 3 is 2.40 bits per heavy atom. The lowest BCUT2D eigenvalue weighted by atomic mass is 10.2. The molecule has 0 N–H and O–H groups in total. The molecule has 0 amide bonds. The third-order valence-corrected chi connectivity index (χ3v) is 1.92. The molecule has 5 heteroatoms. The summed E-state index contributed by atoms with van der Waals surface area (Å²) >= 11 is 0. The van der Waals surface area contributed by atoms with Gasteiger partial charge < -0.3 is 0 Å². The van der Waals surface area contributed by atoms with Crippen molar-refractivity contribution in [3.8, 4) is 5.82 Å². The monoisotopic (exact) mass is 205 g/mol. The first kappa shape index (κ1) is 11.3. The summed E-state index contributed by atoms with van der Waals surface area (Å²) in [5.41, 5.74) is 2.16. The molecule has 0 atom stereocenters. The number of tetrazole rings is 1. The number of rotatable bonds is 1. The zero-order chi connectivity index (χ0) is 11.3. The molecule has 0 aromatic carbocycles. The molecule has 2 rings (SSSR count). The minimum absolute atomic E-state index is 0.744. The highest BCUT2D eigenvalue weighted by Gasteiger charge is 2.00. The van der Waals surface area contributed by atoms with Crippen LogP contribution in [0.3, 0.4) is 0 Å². The molecule has 0 spiro atoms. The largest absolute Gasteiger partial charge is 0.234 e. The van der Waals surface area contributed by atoms with Gasteiger partial charge in [-0.05, 0) is 35.9 Å². The van der Waals surface area contributed by atoms with Crippen LogP contribution in [0.2, 0.25) is 0 Å². The Morgan fingerprint density at radius 1 is 1.13 bits per heavy atom. The molecule has 0 unspecified atom stereocenters. The van der Waals surface area contributed by atoms with Crippen LogP contribution in [-0.2, 0) is 0 Å². The van der Waals surface area contributed by atoms with Crippen molar-refractivity contribution in [1.29, 1.82) is 0 Å². The highest BCUT2D eigenvalue weighted by Crippen LogP contribution is 2.06. The third kappa shape index (κ3) is 2.59. The molecule has 15 heavy (non-hydrogen) atoms. The van der Waals surface area contributed by atoms with E-state index in [1.54, 1.807) is 0 Å². The fourth-order valence-electron chi connectivity index (χ4n) is 1.01. The minimum atomic E-state index is 0.744. The van der Waals surface area contributed by atoms with E-state index in [9.17, 15) is 0 Å². The Kier molecular flexibility index (Phi) is 3.91. The lowest BCUT2D eigenvalue weighted by Crippen LogP contribution is -2.00. The minimum Gasteiger partial charge on any atom is -0.234 e. The number of hydrogen-bond acceptors (Lipinski definition) is 4. The van der Waals surface area contributed by atoms with Gasteiger partial charge in [-0.3, -0.25) is 0 Å². The first-order valence-electron chi connectivity index (χ1n) is 4.95. The van der Waals surface area contributed by atoms with Crippen molar-refractivity contribution in [2.75, 3.05) is 0 Å². The van der Waals surface area contributed by atoms with Crippen molar-refractivity contribution >= 4 is 0 Å². The van der Waals surface area contributed by atoms with E-state index in [0.717, 1.165) is 17.1 Å². The third-order valence-electron chi connectivity index (χ3n) is 1.92. The second kappa shape index (κ2) is 5.19. The van der Waals surface area contributed by atoms with Gasteiger partial charge in [-0.2, -0.15) is 4.68 Å². The zero-order valence-electron chi connectivity index (χ0n) is 9.47. The maximum absolute atomic E-state index is 4.34. The Balaban J connectivity index is 0.000000531. The molecule has 2 heterocycles. The predicted octanol–water partition coefficient (Wildman–Crippen LogP) is 1.70. The van der Waals surface area contributed by atoms with Crippen LogP contribution in [0, 0.1) is 13.8 Å². The number of hydrogen-bond donors (Lipinski definition) is 0. The topological polar surface area (TPSA) is 56.5 Å². The van der Waals surface area contributed by atoms with Crippen LogP contribution in [0.25, 0.3) is 5.82 Å². The number of aromatic nitrogens is 5. The molecule has 0 saturated carbocycles. The molecule has 0 bridgehead atoms. The van der Waals surface area contributed by atoms with Gasteiger partial charge >= 0.3 is 0 Å². The van der Waals surface area contributed by atoms with Gasteiger partial charge in [0.05, 0.1) is 0 Å². The van der Waals surface area contributed by atoms with E-state index >= 15 is 0 Å². The lowest BCUT2D eigenvalue weighted by Gasteiger charge is -2.01. The van der Waals surface area contributed by atoms with Crippen molar-refractivity contribution in [3.63, 3.8) is 0 Å². The van der Waals surface area contributed by atoms with Crippen LogP contribution >= 0.6 is 0 Å². The zero-order valence-corrected chi connectivity index (χ0v) is 9.47. The molecule has 5 nitrogen and oxygen atoms in total. The molecule has 2 aromatic rings. The van der Waals surface area contributed by atoms with E-state index in [4.69, 9.17) is 0 Å². The van der Waals surface area contributed by atoms with Gasteiger partial charge in [0.25, 0.3) is 0 Å². The Bertz CT molecular complexity index is 408. The average molecular weight is 205 g/mol. The van der Waals surface area contributed by atoms with Crippen molar-refractivity contribution < 1.29 is 0 Å². The van der Waals surface area contributed by atoms with E-state index < -0.39 is 0 Å². The second-order valence-corrected chi connectivity index (χ2v) is 2.83. The SMILES string of the molecule is CC.Cc1ccc(-n2cnnn2)nc1C. The summed E-state index contributed by atoms with van der Waals surface area (Å²) in [6.07, 6.45) is 1.52. The molecule has 2 aromatic heterocycles. The molecule has 80 valence electrons. The molecule has 0 saturated heterocycles. The summed E-state index contributed by atoms with van der Waals surface area (Å²) in [4.78, 5) is 4.34. The van der Waals surface area contributed by atoms with Gasteiger partial charge in [-0.25, -0.2) is 4.98 Å². The van der Waals surface area contributed by atoms with Gasteiger partial charge in [0.15, 0.2) is 5.82 Å². The van der Waals surface area contributed by atoms with Crippen molar-refractivity contribution in [2.45, 2.75) is 27.7 Å². The van der Waals surface area contributed by atoms with Crippen LogP contribution in [0.1, 0.15) is 25.1 Å². The smallest absolute Gasteiger partial charge is 0.157 e. The van der Waals surface area contributed by atoms with Crippen molar-refractivity contribution in [2.24, 2.45) is 0 Å². The quantitative estimate of drug-likeness (QED) is 0.711. The van der Waals surface area contributed by atoms with E-state index in [-0.39, 0.29) is 0 Å². The lowest BCUT2D eigenvalue weighted by molar-refractivity contribution is 0.767. The summed E-state index contributed by atoms with van der Waals surface area (Å²) < 4.78 is 1.53. The molecular weight excluding hydrogens is 190 g/mol.